The number of guanidine groups is 1. The Labute approximate surface area is 172 Å². The Bertz CT molecular complexity index is 749. The Morgan fingerprint density at radius 1 is 1.34 bits per heavy atom. The van der Waals surface area contributed by atoms with Gasteiger partial charge < -0.3 is 10.6 Å². The zero-order valence-electron chi connectivity index (χ0n) is 17.2. The first-order valence-electron chi connectivity index (χ1n) is 10.1. The van der Waals surface area contributed by atoms with Crippen LogP contribution in [0.2, 0.25) is 0 Å². The second kappa shape index (κ2) is 11.4. The molecule has 0 bridgehead atoms. The molecule has 1 aromatic rings. The highest BCUT2D eigenvalue weighted by atomic mass is 19.2. The maximum atomic E-state index is 13.0. The van der Waals surface area contributed by atoms with E-state index in [4.69, 9.17) is 5.73 Å². The summed E-state index contributed by atoms with van der Waals surface area (Å²) in [5.74, 6) is -0.0689. The van der Waals surface area contributed by atoms with Crippen LogP contribution in [0.1, 0.15) is 36.5 Å². The van der Waals surface area contributed by atoms with Crippen LogP contribution < -0.4 is 11.3 Å². The van der Waals surface area contributed by atoms with Crippen molar-refractivity contribution in [3.8, 4) is 0 Å². The molecule has 7 heteroatoms. The first kappa shape index (κ1) is 22.6. The van der Waals surface area contributed by atoms with Gasteiger partial charge in [-0.2, -0.15) is 5.54 Å². The number of rotatable bonds is 10. The topological polar surface area (TPSA) is 74.0 Å². The molecule has 1 fully saturated rings. The molecule has 1 heterocycles. The fourth-order valence-electron chi connectivity index (χ4n) is 3.71. The molecule has 0 spiro atoms. The first-order valence-corrected chi connectivity index (χ1v) is 10.1. The third-order valence-corrected chi connectivity index (χ3v) is 5.38. The van der Waals surface area contributed by atoms with Crippen LogP contribution in [0.3, 0.4) is 0 Å². The lowest BCUT2D eigenvalue weighted by Gasteiger charge is -2.40. The molecule has 1 saturated heterocycles. The van der Waals surface area contributed by atoms with Gasteiger partial charge in [-0.25, -0.2) is 0 Å². The molecule has 0 radical (unpaired) electrons. The van der Waals surface area contributed by atoms with Crippen molar-refractivity contribution < 1.29 is 9.28 Å². The van der Waals surface area contributed by atoms with E-state index in [1.807, 2.05) is 23.1 Å². The van der Waals surface area contributed by atoms with Crippen LogP contribution in [0, 0.1) is 0 Å². The molecule has 1 unspecified atom stereocenters. The van der Waals surface area contributed by atoms with Gasteiger partial charge in [0.05, 0.1) is 6.04 Å². The Morgan fingerprint density at radius 3 is 2.76 bits per heavy atom. The molecule has 1 amide bonds. The number of aliphatic imine (C=N–C) groups is 1. The fraction of sp³-hybridized carbons (Fsp3) is 0.455. The zero-order chi connectivity index (χ0) is 21.2. The van der Waals surface area contributed by atoms with E-state index < -0.39 is 0 Å². The minimum absolute atomic E-state index is 0.157. The minimum Gasteiger partial charge on any atom is -0.368 e. The molecule has 0 aromatic heterocycles. The minimum atomic E-state index is -0.227. The summed E-state index contributed by atoms with van der Waals surface area (Å²) in [7, 11) is 0. The number of nitrogens with zero attached hydrogens (tertiary/aromatic N) is 3. The second-order valence-corrected chi connectivity index (χ2v) is 7.09. The third-order valence-electron chi connectivity index (χ3n) is 5.38. The van der Waals surface area contributed by atoms with E-state index >= 15 is 0 Å². The molecule has 158 valence electrons. The van der Waals surface area contributed by atoms with Crippen molar-refractivity contribution in [3.63, 3.8) is 0 Å². The van der Waals surface area contributed by atoms with Crippen molar-refractivity contribution in [1.29, 1.82) is 0 Å². The van der Waals surface area contributed by atoms with Crippen molar-refractivity contribution in [3.05, 3.63) is 48.0 Å². The summed E-state index contributed by atoms with van der Waals surface area (Å²) < 4.78 is 12.1. The largest absolute Gasteiger partial charge is 0.368 e. The van der Waals surface area contributed by atoms with E-state index in [9.17, 15) is 9.28 Å². The summed E-state index contributed by atoms with van der Waals surface area (Å²) in [6.45, 7) is 13.3. The highest BCUT2D eigenvalue weighted by Gasteiger charge is 2.33. The smallest absolute Gasteiger partial charge is 0.239 e. The van der Waals surface area contributed by atoms with E-state index in [0.717, 1.165) is 37.2 Å². The van der Waals surface area contributed by atoms with Crippen LogP contribution in [0.15, 0.2) is 36.3 Å². The van der Waals surface area contributed by atoms with Crippen LogP contribution in [0.5, 0.6) is 0 Å². The van der Waals surface area contributed by atoms with Gasteiger partial charge in [-0.05, 0) is 42.5 Å². The first-order chi connectivity index (χ1) is 14.0. The lowest BCUT2D eigenvalue weighted by Crippen LogP contribution is -2.57. The summed E-state index contributed by atoms with van der Waals surface area (Å²) >= 11 is 0. The Kier molecular flexibility index (Phi) is 8.86. The van der Waals surface area contributed by atoms with Gasteiger partial charge >= 0.3 is 0 Å². The van der Waals surface area contributed by atoms with Gasteiger partial charge in [-0.1, -0.05) is 50.4 Å². The summed E-state index contributed by atoms with van der Waals surface area (Å²) in [5.41, 5.74) is 9.90. The van der Waals surface area contributed by atoms with E-state index in [-0.39, 0.29) is 17.9 Å². The van der Waals surface area contributed by atoms with E-state index in [2.05, 4.69) is 42.1 Å². The lowest BCUT2D eigenvalue weighted by molar-refractivity contribution is -0.142. The molecular formula is C22H32FN5O. The maximum absolute atomic E-state index is 13.0. The molecule has 1 aliphatic heterocycles. The third kappa shape index (κ3) is 6.15. The molecule has 6 nitrogen and oxygen atoms in total. The van der Waals surface area contributed by atoms with Crippen molar-refractivity contribution >= 4 is 24.0 Å². The molecule has 3 N–H and O–H groups in total. The number of nitrogens with one attached hydrogen (secondary N) is 1. The number of amides is 1. The molecule has 1 aliphatic rings. The maximum Gasteiger partial charge on any atom is 0.239 e. The van der Waals surface area contributed by atoms with Crippen molar-refractivity contribution in [2.24, 2.45) is 10.7 Å². The standard InChI is InChI=1S/C22H32FN5O/c1-4-18-10-9-17(16-19(18)5-2)11-13-28-15-14-27(6-3)20(21(28)29)8-7-12-25-22(24)26-23/h4-5,9-10,16,20H,1-2,6-8,11-15H2,3H3,(H3,24,25,26). The molecule has 1 atom stereocenters. The Morgan fingerprint density at radius 2 is 2.10 bits per heavy atom. The number of hydrogen-bond acceptors (Lipinski definition) is 3. The Balaban J connectivity index is 1.96. The predicted molar refractivity (Wildman–Crippen MR) is 118 cm³/mol. The monoisotopic (exact) mass is 401 g/mol. The van der Waals surface area contributed by atoms with Gasteiger partial charge in [0.15, 0.2) is 0 Å². The van der Waals surface area contributed by atoms with Gasteiger partial charge in [0, 0.05) is 26.2 Å². The number of likely N-dealkylation sites (N-methyl/N-ethyl adjacent to an activating group) is 1. The number of nitrogens with two attached hydrogens (primary N) is 1. The van der Waals surface area contributed by atoms with Gasteiger partial charge in [-0.3, -0.25) is 14.7 Å². The number of hydrogen-bond donors (Lipinski definition) is 2. The highest BCUT2D eigenvalue weighted by Crippen LogP contribution is 2.19. The van der Waals surface area contributed by atoms with Gasteiger partial charge in [0.2, 0.25) is 11.9 Å². The number of carbonyl (C=O) groups is 1. The van der Waals surface area contributed by atoms with Crippen molar-refractivity contribution in [2.75, 3.05) is 32.7 Å². The van der Waals surface area contributed by atoms with Gasteiger partial charge in [0.1, 0.15) is 0 Å². The van der Waals surface area contributed by atoms with Crippen LogP contribution >= 0.6 is 0 Å². The number of carbonyl (C=O) groups excluding carboxylic acids is 1. The normalized spacial score (nSPS) is 18.0. The number of benzene rings is 1. The summed E-state index contributed by atoms with van der Waals surface area (Å²) in [6.07, 6.45) is 5.80. The van der Waals surface area contributed by atoms with E-state index in [1.165, 1.54) is 11.1 Å². The quantitative estimate of drug-likeness (QED) is 0.274. The summed E-state index contributed by atoms with van der Waals surface area (Å²) in [4.78, 5) is 21.1. The predicted octanol–water partition coefficient (Wildman–Crippen LogP) is 2.62. The molecule has 1 aromatic carbocycles. The molecule has 0 aliphatic carbocycles. The van der Waals surface area contributed by atoms with Crippen LogP contribution in [0.4, 0.5) is 4.48 Å². The zero-order valence-corrected chi connectivity index (χ0v) is 17.2. The van der Waals surface area contributed by atoms with Crippen LogP contribution in [-0.2, 0) is 11.2 Å². The lowest BCUT2D eigenvalue weighted by atomic mass is 10.0. The highest BCUT2D eigenvalue weighted by molar-refractivity contribution is 5.82. The average molecular weight is 402 g/mol. The Hall–Kier alpha value is -2.67. The molecule has 2 rings (SSSR count). The summed E-state index contributed by atoms with van der Waals surface area (Å²) in [5, 5.41) is 0. The molecule has 0 saturated carbocycles. The van der Waals surface area contributed by atoms with Crippen LogP contribution in [-0.4, -0.2) is 60.4 Å². The van der Waals surface area contributed by atoms with E-state index in [1.54, 1.807) is 0 Å². The fourth-order valence-corrected chi connectivity index (χ4v) is 3.71. The van der Waals surface area contributed by atoms with Crippen LogP contribution in [0.25, 0.3) is 12.2 Å². The second-order valence-electron chi connectivity index (χ2n) is 7.09. The van der Waals surface area contributed by atoms with Gasteiger partial charge in [0.25, 0.3) is 0 Å². The molecular weight excluding hydrogens is 369 g/mol. The SMILES string of the molecule is C=Cc1ccc(CCN2CCN(CC)C(CCCN=C(N)NF)C2=O)cc1C=C. The summed E-state index contributed by atoms with van der Waals surface area (Å²) in [6, 6.07) is 6.07. The average Bonchev–Trinajstić information content (AvgIpc) is 2.75. The molecule has 29 heavy (non-hydrogen) atoms. The number of piperazine rings is 1. The van der Waals surface area contributed by atoms with E-state index in [0.29, 0.717) is 25.9 Å². The van der Waals surface area contributed by atoms with Crippen molar-refractivity contribution in [2.45, 2.75) is 32.2 Å². The number of halogens is 1. The van der Waals surface area contributed by atoms with Crippen molar-refractivity contribution in [1.82, 2.24) is 15.3 Å². The van der Waals surface area contributed by atoms with Gasteiger partial charge in [-0.15, -0.1) is 4.48 Å².